The first-order valence-corrected chi connectivity index (χ1v) is 8.30. The number of nitrogens with one attached hydrogen (secondary N) is 2. The number of carbonyl (C=O) groups excluding carboxylic acids is 1. The number of carbonyl (C=O) groups is 1. The molecule has 0 saturated carbocycles. The third-order valence-electron chi connectivity index (χ3n) is 4.10. The van der Waals surface area contributed by atoms with Crippen molar-refractivity contribution in [2.24, 2.45) is 5.92 Å². The van der Waals surface area contributed by atoms with Crippen LogP contribution in [0.1, 0.15) is 24.8 Å². The van der Waals surface area contributed by atoms with Gasteiger partial charge in [0.15, 0.2) is 0 Å². The van der Waals surface area contributed by atoms with E-state index in [1.165, 1.54) is 12.1 Å². The van der Waals surface area contributed by atoms with Gasteiger partial charge in [0.25, 0.3) is 0 Å². The molecule has 1 fully saturated rings. The minimum atomic E-state index is -4.39. The van der Waals surface area contributed by atoms with Crippen LogP contribution in [0.2, 0.25) is 0 Å². The summed E-state index contributed by atoms with van der Waals surface area (Å²) in [6.45, 7) is 1.86. The number of ether oxygens (including phenoxy) is 1. The van der Waals surface area contributed by atoms with Crippen molar-refractivity contribution in [2.75, 3.05) is 26.2 Å². The van der Waals surface area contributed by atoms with Crippen LogP contribution in [0.25, 0.3) is 0 Å². The molecular formula is C17H24ClF3N2O3. The molecule has 26 heavy (non-hydrogen) atoms. The Hall–Kier alpha value is -1.51. The summed E-state index contributed by atoms with van der Waals surface area (Å²) in [5.74, 6) is 0.631. The summed E-state index contributed by atoms with van der Waals surface area (Å²) in [7, 11) is 0. The number of hydrogen-bond acceptors (Lipinski definition) is 4. The Balaban J connectivity index is 0.00000338. The highest BCUT2D eigenvalue weighted by Crippen LogP contribution is 2.30. The average Bonchev–Trinajstić information content (AvgIpc) is 3.09. The first-order chi connectivity index (χ1) is 11.8. The van der Waals surface area contributed by atoms with E-state index < -0.39 is 17.8 Å². The molecule has 5 nitrogen and oxygen atoms in total. The van der Waals surface area contributed by atoms with Crippen molar-refractivity contribution >= 4 is 18.3 Å². The zero-order valence-electron chi connectivity index (χ0n) is 14.2. The number of aliphatic hydroxyl groups is 1. The van der Waals surface area contributed by atoms with E-state index in [2.05, 4.69) is 10.6 Å². The fourth-order valence-corrected chi connectivity index (χ4v) is 2.61. The van der Waals surface area contributed by atoms with Gasteiger partial charge in [0.05, 0.1) is 5.56 Å². The summed E-state index contributed by atoms with van der Waals surface area (Å²) < 4.78 is 42.6. The van der Waals surface area contributed by atoms with Crippen LogP contribution in [0.3, 0.4) is 0 Å². The Kier molecular flexibility index (Phi) is 9.18. The molecule has 2 rings (SSSR count). The lowest BCUT2D eigenvalue weighted by atomic mass is 10.0. The molecule has 2 unspecified atom stereocenters. The number of halogens is 4. The number of rotatable bonds is 8. The minimum Gasteiger partial charge on any atom is -0.491 e. The predicted octanol–water partition coefficient (Wildman–Crippen LogP) is 2.37. The van der Waals surface area contributed by atoms with Gasteiger partial charge < -0.3 is 20.5 Å². The molecule has 0 spiro atoms. The van der Waals surface area contributed by atoms with Crippen LogP contribution in [-0.4, -0.2) is 43.4 Å². The number of alkyl halides is 3. The smallest absolute Gasteiger partial charge is 0.416 e. The van der Waals surface area contributed by atoms with Crippen molar-refractivity contribution < 1.29 is 27.8 Å². The van der Waals surface area contributed by atoms with E-state index in [-0.39, 0.29) is 37.2 Å². The minimum absolute atomic E-state index is 0. The molecule has 1 aromatic rings. The van der Waals surface area contributed by atoms with Crippen LogP contribution in [0.5, 0.6) is 5.75 Å². The summed E-state index contributed by atoms with van der Waals surface area (Å²) >= 11 is 0. The second-order valence-electron chi connectivity index (χ2n) is 6.19. The maximum atomic E-state index is 12.4. The van der Waals surface area contributed by atoms with Crippen molar-refractivity contribution in [1.29, 1.82) is 0 Å². The summed E-state index contributed by atoms with van der Waals surface area (Å²) in [5, 5.41) is 15.7. The molecule has 0 aromatic heterocycles. The Morgan fingerprint density at radius 1 is 1.35 bits per heavy atom. The molecule has 1 heterocycles. The molecule has 2 atom stereocenters. The molecule has 1 aromatic carbocycles. The van der Waals surface area contributed by atoms with Crippen LogP contribution in [0.4, 0.5) is 13.2 Å². The summed E-state index contributed by atoms with van der Waals surface area (Å²) in [6, 6.07) is 4.23. The Morgan fingerprint density at radius 3 is 2.62 bits per heavy atom. The van der Waals surface area contributed by atoms with E-state index in [9.17, 15) is 23.1 Å². The molecule has 0 aliphatic carbocycles. The SMILES string of the molecule is Cl.O=C(CCC1CCNC1)NCC(O)COc1ccc(C(F)(F)F)cc1. The molecular weight excluding hydrogens is 373 g/mol. The first-order valence-electron chi connectivity index (χ1n) is 8.30. The fraction of sp³-hybridized carbons (Fsp3) is 0.588. The summed E-state index contributed by atoms with van der Waals surface area (Å²) in [4.78, 5) is 11.7. The highest BCUT2D eigenvalue weighted by Gasteiger charge is 2.30. The third kappa shape index (κ3) is 7.80. The van der Waals surface area contributed by atoms with Crippen LogP contribution in [0, 0.1) is 5.92 Å². The van der Waals surface area contributed by atoms with E-state index in [1.807, 2.05) is 0 Å². The lowest BCUT2D eigenvalue weighted by Gasteiger charge is -2.14. The fourth-order valence-electron chi connectivity index (χ4n) is 2.61. The molecule has 0 radical (unpaired) electrons. The quantitative estimate of drug-likeness (QED) is 0.631. The predicted molar refractivity (Wildman–Crippen MR) is 93.4 cm³/mol. The van der Waals surface area contributed by atoms with Crippen molar-refractivity contribution in [3.05, 3.63) is 29.8 Å². The van der Waals surface area contributed by atoms with Gasteiger partial charge >= 0.3 is 6.18 Å². The average molecular weight is 397 g/mol. The maximum absolute atomic E-state index is 12.4. The first kappa shape index (κ1) is 22.5. The lowest BCUT2D eigenvalue weighted by molar-refractivity contribution is -0.137. The molecule has 148 valence electrons. The van der Waals surface area contributed by atoms with Crippen LogP contribution >= 0.6 is 12.4 Å². The summed E-state index contributed by atoms with van der Waals surface area (Å²) in [6.07, 6.45) is -3.01. The number of amides is 1. The van der Waals surface area contributed by atoms with E-state index in [0.717, 1.165) is 38.1 Å². The lowest BCUT2D eigenvalue weighted by Crippen LogP contribution is -2.35. The molecule has 0 bridgehead atoms. The molecule has 9 heteroatoms. The van der Waals surface area contributed by atoms with E-state index in [0.29, 0.717) is 12.3 Å². The van der Waals surface area contributed by atoms with Crippen LogP contribution in [-0.2, 0) is 11.0 Å². The van der Waals surface area contributed by atoms with Crippen molar-refractivity contribution in [2.45, 2.75) is 31.5 Å². The second-order valence-corrected chi connectivity index (χ2v) is 6.19. The zero-order valence-corrected chi connectivity index (χ0v) is 15.0. The normalized spacial score (nSPS) is 18.1. The topological polar surface area (TPSA) is 70.6 Å². The summed E-state index contributed by atoms with van der Waals surface area (Å²) in [5.41, 5.74) is -0.759. The maximum Gasteiger partial charge on any atom is 0.416 e. The number of hydrogen-bond donors (Lipinski definition) is 3. The zero-order chi connectivity index (χ0) is 18.3. The van der Waals surface area contributed by atoms with Crippen molar-refractivity contribution in [3.8, 4) is 5.75 Å². The van der Waals surface area contributed by atoms with E-state index in [4.69, 9.17) is 4.74 Å². The van der Waals surface area contributed by atoms with Gasteiger partial charge in [0.1, 0.15) is 18.5 Å². The molecule has 1 saturated heterocycles. The Morgan fingerprint density at radius 2 is 2.04 bits per heavy atom. The number of aliphatic hydroxyl groups excluding tert-OH is 1. The van der Waals surface area contributed by atoms with Gasteiger partial charge in [0.2, 0.25) is 5.91 Å². The van der Waals surface area contributed by atoms with Gasteiger partial charge in [-0.25, -0.2) is 0 Å². The van der Waals surface area contributed by atoms with Gasteiger partial charge in [0, 0.05) is 13.0 Å². The number of benzene rings is 1. The molecule has 3 N–H and O–H groups in total. The highest BCUT2D eigenvalue weighted by atomic mass is 35.5. The van der Waals surface area contributed by atoms with Crippen LogP contribution in [0.15, 0.2) is 24.3 Å². The molecule has 1 amide bonds. The highest BCUT2D eigenvalue weighted by molar-refractivity contribution is 5.85. The van der Waals surface area contributed by atoms with Crippen LogP contribution < -0.4 is 15.4 Å². The van der Waals surface area contributed by atoms with E-state index in [1.54, 1.807) is 0 Å². The van der Waals surface area contributed by atoms with Gasteiger partial charge in [-0.3, -0.25) is 4.79 Å². The van der Waals surface area contributed by atoms with E-state index >= 15 is 0 Å². The molecule has 1 aliphatic rings. The Labute approximate surface area is 156 Å². The second kappa shape index (κ2) is 10.6. The van der Waals surface area contributed by atoms with Gasteiger partial charge in [-0.05, 0) is 56.1 Å². The third-order valence-corrected chi connectivity index (χ3v) is 4.10. The van der Waals surface area contributed by atoms with Crippen molar-refractivity contribution in [3.63, 3.8) is 0 Å². The largest absolute Gasteiger partial charge is 0.491 e. The van der Waals surface area contributed by atoms with Gasteiger partial charge in [-0.1, -0.05) is 0 Å². The monoisotopic (exact) mass is 396 g/mol. The van der Waals surface area contributed by atoms with Gasteiger partial charge in [-0.15, -0.1) is 12.4 Å². The molecule has 1 aliphatic heterocycles. The van der Waals surface area contributed by atoms with Crippen molar-refractivity contribution in [1.82, 2.24) is 10.6 Å². The standard InChI is InChI=1S/C17H23F3N2O3.ClH/c18-17(19,20)13-2-4-15(5-3-13)25-11-14(23)10-22-16(24)6-1-12-7-8-21-9-12;/h2-5,12,14,21,23H,1,6-11H2,(H,22,24);1H. The Bertz CT molecular complexity index is 549. The van der Waals surface area contributed by atoms with Gasteiger partial charge in [-0.2, -0.15) is 13.2 Å².